The largest absolute Gasteiger partial charge is 0.304 e. The Morgan fingerprint density at radius 3 is 2.75 bits per heavy atom. The second kappa shape index (κ2) is 4.03. The summed E-state index contributed by atoms with van der Waals surface area (Å²) < 4.78 is 16.5. The van der Waals surface area contributed by atoms with Crippen LogP contribution in [0.3, 0.4) is 0 Å². The molecule has 86 valence electrons. The Morgan fingerprint density at radius 2 is 2.25 bits per heavy atom. The highest BCUT2D eigenvalue weighted by atomic mass is 32.2. The van der Waals surface area contributed by atoms with Crippen molar-refractivity contribution in [2.24, 2.45) is 0 Å². The molecule has 1 aliphatic rings. The molecule has 0 saturated heterocycles. The summed E-state index contributed by atoms with van der Waals surface area (Å²) in [5.41, 5.74) is -0.342. The van der Waals surface area contributed by atoms with Crippen LogP contribution in [0.5, 0.6) is 0 Å². The zero-order chi connectivity index (χ0) is 11.8. The number of nitro benzene ring substituents is 1. The Morgan fingerprint density at radius 1 is 1.56 bits per heavy atom. The number of hydrogen-bond donors (Lipinski definition) is 1. The number of nitrogens with one attached hydrogen (secondary N) is 1. The fraction of sp³-hybridized carbons (Fsp3) is 0.400. The number of halogens is 1. The monoisotopic (exact) mass is 242 g/mol. The zero-order valence-corrected chi connectivity index (χ0v) is 9.51. The van der Waals surface area contributed by atoms with E-state index in [1.807, 2.05) is 0 Å². The van der Waals surface area contributed by atoms with Gasteiger partial charge in [0, 0.05) is 16.5 Å². The van der Waals surface area contributed by atoms with Crippen molar-refractivity contribution in [2.45, 2.75) is 30.2 Å². The number of nitrogens with zero attached hydrogens (tertiary/aromatic N) is 1. The van der Waals surface area contributed by atoms with Crippen molar-refractivity contribution >= 4 is 17.6 Å². The zero-order valence-electron chi connectivity index (χ0n) is 8.70. The Balaban J connectivity index is 2.05. The maximum atomic E-state index is 13.3. The van der Waals surface area contributed by atoms with E-state index in [-0.39, 0.29) is 5.54 Å². The molecule has 1 N–H and O–H groups in total. The fourth-order valence-corrected chi connectivity index (χ4v) is 2.04. The lowest BCUT2D eigenvalue weighted by atomic mass is 10.3. The SMILES string of the molecule is CC1(NSc2ccc([N+](=O)[O-])c(F)c2)CC1. The molecule has 1 aliphatic carbocycles. The van der Waals surface area contributed by atoms with Crippen molar-refractivity contribution in [3.63, 3.8) is 0 Å². The van der Waals surface area contributed by atoms with E-state index in [4.69, 9.17) is 0 Å². The first-order valence-corrected chi connectivity index (χ1v) is 5.70. The highest BCUT2D eigenvalue weighted by molar-refractivity contribution is 7.97. The van der Waals surface area contributed by atoms with Crippen LogP contribution in [0.2, 0.25) is 0 Å². The van der Waals surface area contributed by atoms with Gasteiger partial charge in [0.1, 0.15) is 0 Å². The van der Waals surface area contributed by atoms with E-state index in [2.05, 4.69) is 11.6 Å². The number of benzene rings is 1. The third-order valence-corrected chi connectivity index (χ3v) is 3.62. The lowest BCUT2D eigenvalue weighted by molar-refractivity contribution is -0.387. The molecule has 0 radical (unpaired) electrons. The fourth-order valence-electron chi connectivity index (χ4n) is 1.17. The molecule has 0 heterocycles. The van der Waals surface area contributed by atoms with Crippen molar-refractivity contribution in [2.75, 3.05) is 0 Å². The van der Waals surface area contributed by atoms with Gasteiger partial charge < -0.3 is 0 Å². The lowest BCUT2D eigenvalue weighted by Gasteiger charge is -2.09. The summed E-state index contributed by atoms with van der Waals surface area (Å²) in [7, 11) is 0. The molecule has 16 heavy (non-hydrogen) atoms. The van der Waals surface area contributed by atoms with Crippen molar-refractivity contribution in [1.82, 2.24) is 4.72 Å². The van der Waals surface area contributed by atoms with Gasteiger partial charge in [0.15, 0.2) is 0 Å². The van der Waals surface area contributed by atoms with Crippen LogP contribution in [0.15, 0.2) is 23.1 Å². The summed E-state index contributed by atoms with van der Waals surface area (Å²) in [5.74, 6) is -0.794. The van der Waals surface area contributed by atoms with Gasteiger partial charge in [-0.2, -0.15) is 4.39 Å². The molecule has 1 aromatic rings. The van der Waals surface area contributed by atoms with Crippen molar-refractivity contribution in [3.05, 3.63) is 34.1 Å². The van der Waals surface area contributed by atoms with Gasteiger partial charge in [-0.3, -0.25) is 14.8 Å². The van der Waals surface area contributed by atoms with E-state index in [1.54, 1.807) is 6.07 Å². The summed E-state index contributed by atoms with van der Waals surface area (Å²) in [6.07, 6.45) is 2.21. The van der Waals surface area contributed by atoms with Gasteiger partial charge in [-0.05, 0) is 43.8 Å². The number of hydrogen-bond acceptors (Lipinski definition) is 4. The van der Waals surface area contributed by atoms with Crippen LogP contribution in [0.4, 0.5) is 10.1 Å². The smallest absolute Gasteiger partial charge is 0.258 e. The van der Waals surface area contributed by atoms with Crippen LogP contribution in [0.25, 0.3) is 0 Å². The Bertz CT molecular complexity index is 435. The van der Waals surface area contributed by atoms with Crippen LogP contribution in [0, 0.1) is 15.9 Å². The van der Waals surface area contributed by atoms with E-state index in [9.17, 15) is 14.5 Å². The molecular weight excluding hydrogens is 231 g/mol. The molecule has 0 bridgehead atoms. The summed E-state index contributed by atoms with van der Waals surface area (Å²) in [5, 5.41) is 10.4. The predicted octanol–water partition coefficient (Wildman–Crippen LogP) is 2.88. The van der Waals surface area contributed by atoms with Gasteiger partial charge in [-0.25, -0.2) is 0 Å². The number of nitro groups is 1. The summed E-state index contributed by atoms with van der Waals surface area (Å²) >= 11 is 1.31. The third kappa shape index (κ3) is 2.51. The quantitative estimate of drug-likeness (QED) is 0.501. The molecule has 2 rings (SSSR count). The van der Waals surface area contributed by atoms with Crippen LogP contribution in [-0.2, 0) is 0 Å². The topological polar surface area (TPSA) is 55.2 Å². The highest BCUT2D eigenvalue weighted by Gasteiger charge is 2.37. The first-order chi connectivity index (χ1) is 7.50. The van der Waals surface area contributed by atoms with Gasteiger partial charge in [0.05, 0.1) is 4.92 Å². The van der Waals surface area contributed by atoms with E-state index in [1.165, 1.54) is 24.1 Å². The second-order valence-electron chi connectivity index (χ2n) is 4.14. The molecule has 4 nitrogen and oxygen atoms in total. The molecular formula is C10H11FN2O2S. The van der Waals surface area contributed by atoms with E-state index >= 15 is 0 Å². The molecule has 1 aromatic carbocycles. The van der Waals surface area contributed by atoms with Crippen LogP contribution in [0.1, 0.15) is 19.8 Å². The molecule has 0 aliphatic heterocycles. The molecule has 1 saturated carbocycles. The summed E-state index contributed by atoms with van der Waals surface area (Å²) in [6, 6.07) is 3.92. The Kier molecular flexibility index (Phi) is 2.86. The standard InChI is InChI=1S/C10H11FN2O2S/c1-10(4-5-10)12-16-7-2-3-9(13(14)15)8(11)6-7/h2-3,6,12H,4-5H2,1H3. The molecule has 0 spiro atoms. The highest BCUT2D eigenvalue weighted by Crippen LogP contribution is 2.37. The average Bonchev–Trinajstić information content (AvgIpc) is 2.94. The minimum Gasteiger partial charge on any atom is -0.258 e. The molecule has 6 heteroatoms. The summed E-state index contributed by atoms with van der Waals surface area (Å²) in [4.78, 5) is 10.3. The first kappa shape index (κ1) is 11.3. The third-order valence-electron chi connectivity index (χ3n) is 2.53. The predicted molar refractivity (Wildman–Crippen MR) is 59.7 cm³/mol. The van der Waals surface area contributed by atoms with Gasteiger partial charge in [-0.1, -0.05) is 0 Å². The van der Waals surface area contributed by atoms with Gasteiger partial charge in [0.25, 0.3) is 0 Å². The molecule has 0 aromatic heterocycles. The van der Waals surface area contributed by atoms with E-state index < -0.39 is 16.4 Å². The Hall–Kier alpha value is -1.14. The minimum atomic E-state index is -0.794. The second-order valence-corrected chi connectivity index (χ2v) is 5.01. The first-order valence-electron chi connectivity index (χ1n) is 4.88. The number of rotatable bonds is 4. The normalized spacial score (nSPS) is 17.1. The van der Waals surface area contributed by atoms with Gasteiger partial charge in [-0.15, -0.1) is 0 Å². The maximum Gasteiger partial charge on any atom is 0.304 e. The van der Waals surface area contributed by atoms with Crippen molar-refractivity contribution < 1.29 is 9.31 Å². The van der Waals surface area contributed by atoms with Gasteiger partial charge in [0.2, 0.25) is 5.82 Å². The maximum absolute atomic E-state index is 13.3. The van der Waals surface area contributed by atoms with Crippen molar-refractivity contribution in [3.8, 4) is 0 Å². The average molecular weight is 242 g/mol. The summed E-state index contributed by atoms with van der Waals surface area (Å²) in [6.45, 7) is 2.09. The van der Waals surface area contributed by atoms with Crippen LogP contribution >= 0.6 is 11.9 Å². The Labute approximate surface area is 96.5 Å². The van der Waals surface area contributed by atoms with E-state index in [0.29, 0.717) is 4.90 Å². The molecule has 0 amide bonds. The lowest BCUT2D eigenvalue weighted by Crippen LogP contribution is -2.19. The van der Waals surface area contributed by atoms with Crippen molar-refractivity contribution in [1.29, 1.82) is 0 Å². The molecule has 0 unspecified atom stereocenters. The van der Waals surface area contributed by atoms with Crippen LogP contribution < -0.4 is 4.72 Å². The van der Waals surface area contributed by atoms with Crippen LogP contribution in [-0.4, -0.2) is 10.5 Å². The molecule has 1 fully saturated rings. The molecule has 0 atom stereocenters. The minimum absolute atomic E-state index is 0.142. The van der Waals surface area contributed by atoms with Gasteiger partial charge >= 0.3 is 5.69 Å². The van der Waals surface area contributed by atoms with E-state index in [0.717, 1.165) is 12.8 Å².